The van der Waals surface area contributed by atoms with Crippen molar-refractivity contribution in [3.05, 3.63) is 40.2 Å². The van der Waals surface area contributed by atoms with Crippen molar-refractivity contribution in [2.24, 2.45) is 0 Å². The molecule has 1 heterocycles. The summed E-state index contributed by atoms with van der Waals surface area (Å²) in [5.41, 5.74) is 0.855. The van der Waals surface area contributed by atoms with Crippen molar-refractivity contribution in [1.29, 1.82) is 0 Å². The Morgan fingerprint density at radius 1 is 1.41 bits per heavy atom. The van der Waals surface area contributed by atoms with Gasteiger partial charge in [0, 0.05) is 9.90 Å². The van der Waals surface area contributed by atoms with E-state index in [-0.39, 0.29) is 10.6 Å². The number of methoxy groups -OCH3 is 1. The summed E-state index contributed by atoms with van der Waals surface area (Å²) in [6.45, 7) is 0. The van der Waals surface area contributed by atoms with E-state index in [4.69, 9.17) is 11.6 Å². The molecule has 0 aliphatic rings. The summed E-state index contributed by atoms with van der Waals surface area (Å²) in [4.78, 5) is 12.3. The smallest absolute Gasteiger partial charge is 0.351 e. The quantitative estimate of drug-likeness (QED) is 0.847. The predicted molar refractivity (Wildman–Crippen MR) is 67.8 cm³/mol. The SMILES string of the molecule is COC(=O)c1sc(-c2cccc(Cl)c2)cc1O. The first-order chi connectivity index (χ1) is 8.11. The molecule has 1 N–H and O–H groups in total. The van der Waals surface area contributed by atoms with Gasteiger partial charge in [-0.3, -0.25) is 0 Å². The molecule has 1 aromatic heterocycles. The number of carbonyl (C=O) groups excluding carboxylic acids is 1. The van der Waals surface area contributed by atoms with Crippen LogP contribution in [-0.4, -0.2) is 18.2 Å². The van der Waals surface area contributed by atoms with Gasteiger partial charge >= 0.3 is 5.97 Å². The number of rotatable bonds is 2. The van der Waals surface area contributed by atoms with E-state index in [9.17, 15) is 9.90 Å². The Hall–Kier alpha value is -1.52. The molecule has 5 heteroatoms. The standard InChI is InChI=1S/C12H9ClO3S/c1-16-12(15)11-9(14)6-10(17-11)7-3-2-4-8(13)5-7/h2-6,14H,1H3. The van der Waals surface area contributed by atoms with E-state index in [2.05, 4.69) is 4.74 Å². The van der Waals surface area contributed by atoms with E-state index in [0.717, 1.165) is 10.4 Å². The van der Waals surface area contributed by atoms with Crippen molar-refractivity contribution in [2.75, 3.05) is 7.11 Å². The van der Waals surface area contributed by atoms with E-state index >= 15 is 0 Å². The molecule has 0 amide bonds. The number of ether oxygens (including phenoxy) is 1. The summed E-state index contributed by atoms with van der Waals surface area (Å²) in [5, 5.41) is 10.2. The minimum atomic E-state index is -0.541. The van der Waals surface area contributed by atoms with Crippen LogP contribution in [0.4, 0.5) is 0 Å². The molecular weight excluding hydrogens is 260 g/mol. The van der Waals surface area contributed by atoms with Crippen molar-refractivity contribution in [1.82, 2.24) is 0 Å². The van der Waals surface area contributed by atoms with Crippen molar-refractivity contribution in [3.8, 4) is 16.2 Å². The summed E-state index contributed by atoms with van der Waals surface area (Å²) >= 11 is 7.05. The van der Waals surface area contributed by atoms with Gasteiger partial charge in [0.1, 0.15) is 5.75 Å². The molecular formula is C12H9ClO3S. The highest BCUT2D eigenvalue weighted by atomic mass is 35.5. The molecule has 0 atom stereocenters. The van der Waals surface area contributed by atoms with Crippen LogP contribution >= 0.6 is 22.9 Å². The fraction of sp³-hybridized carbons (Fsp3) is 0.0833. The Kier molecular flexibility index (Phi) is 3.36. The van der Waals surface area contributed by atoms with Crippen LogP contribution in [0.1, 0.15) is 9.67 Å². The van der Waals surface area contributed by atoms with Crippen molar-refractivity contribution in [2.45, 2.75) is 0 Å². The summed E-state index contributed by atoms with van der Waals surface area (Å²) in [7, 11) is 1.28. The summed E-state index contributed by atoms with van der Waals surface area (Å²) in [6, 6.07) is 8.74. The lowest BCUT2D eigenvalue weighted by Crippen LogP contribution is -1.97. The summed E-state index contributed by atoms with van der Waals surface area (Å²) in [5.74, 6) is -0.613. The van der Waals surface area contributed by atoms with Gasteiger partial charge < -0.3 is 9.84 Å². The summed E-state index contributed by atoms with van der Waals surface area (Å²) < 4.78 is 4.58. The number of halogens is 1. The lowest BCUT2D eigenvalue weighted by molar-refractivity contribution is 0.0603. The maximum atomic E-state index is 11.3. The first-order valence-electron chi connectivity index (χ1n) is 4.79. The number of hydrogen-bond acceptors (Lipinski definition) is 4. The lowest BCUT2D eigenvalue weighted by Gasteiger charge is -1.97. The predicted octanol–water partition coefficient (Wildman–Crippen LogP) is 3.56. The molecule has 0 bridgehead atoms. The van der Waals surface area contributed by atoms with Gasteiger partial charge in [0.05, 0.1) is 7.11 Å². The highest BCUT2D eigenvalue weighted by Crippen LogP contribution is 2.36. The maximum absolute atomic E-state index is 11.3. The number of esters is 1. The highest BCUT2D eigenvalue weighted by molar-refractivity contribution is 7.17. The molecule has 0 spiro atoms. The van der Waals surface area contributed by atoms with Gasteiger partial charge in [-0.15, -0.1) is 11.3 Å². The molecule has 0 aliphatic carbocycles. The van der Waals surface area contributed by atoms with Gasteiger partial charge in [-0.2, -0.15) is 0 Å². The fourth-order valence-electron chi connectivity index (χ4n) is 1.40. The van der Waals surface area contributed by atoms with Gasteiger partial charge in [-0.1, -0.05) is 23.7 Å². The Balaban J connectivity index is 2.44. The van der Waals surface area contributed by atoms with Crippen LogP contribution in [-0.2, 0) is 4.74 Å². The number of benzene rings is 1. The molecule has 0 saturated heterocycles. The van der Waals surface area contributed by atoms with Crippen LogP contribution < -0.4 is 0 Å². The molecule has 88 valence electrons. The average molecular weight is 269 g/mol. The van der Waals surface area contributed by atoms with E-state index in [1.807, 2.05) is 12.1 Å². The fourth-order valence-corrected chi connectivity index (χ4v) is 2.56. The second-order valence-electron chi connectivity index (χ2n) is 3.33. The molecule has 0 aliphatic heterocycles. The molecule has 1 aromatic carbocycles. The monoisotopic (exact) mass is 268 g/mol. The third-order valence-corrected chi connectivity index (χ3v) is 3.58. The molecule has 0 radical (unpaired) electrons. The van der Waals surface area contributed by atoms with Crippen LogP contribution in [0.3, 0.4) is 0 Å². The zero-order valence-corrected chi connectivity index (χ0v) is 10.5. The highest BCUT2D eigenvalue weighted by Gasteiger charge is 2.17. The van der Waals surface area contributed by atoms with E-state index in [1.54, 1.807) is 12.1 Å². The van der Waals surface area contributed by atoms with Crippen LogP contribution in [0.15, 0.2) is 30.3 Å². The summed E-state index contributed by atoms with van der Waals surface area (Å²) in [6.07, 6.45) is 0. The van der Waals surface area contributed by atoms with Gasteiger partial charge in [-0.25, -0.2) is 4.79 Å². The molecule has 0 saturated carbocycles. The van der Waals surface area contributed by atoms with Crippen LogP contribution in [0, 0.1) is 0 Å². The van der Waals surface area contributed by atoms with E-state index < -0.39 is 5.97 Å². The first kappa shape index (κ1) is 12.0. The topological polar surface area (TPSA) is 46.5 Å². The molecule has 3 nitrogen and oxygen atoms in total. The van der Waals surface area contributed by atoms with Gasteiger partial charge in [0.2, 0.25) is 0 Å². The number of hydrogen-bond donors (Lipinski definition) is 1. The largest absolute Gasteiger partial charge is 0.506 e. The molecule has 0 unspecified atom stereocenters. The van der Waals surface area contributed by atoms with Crippen molar-refractivity contribution in [3.63, 3.8) is 0 Å². The molecule has 2 rings (SSSR count). The van der Waals surface area contributed by atoms with Crippen molar-refractivity contribution >= 4 is 28.9 Å². The third-order valence-electron chi connectivity index (χ3n) is 2.19. The van der Waals surface area contributed by atoms with Gasteiger partial charge in [-0.05, 0) is 23.8 Å². The second kappa shape index (κ2) is 4.77. The van der Waals surface area contributed by atoms with Crippen LogP contribution in [0.5, 0.6) is 5.75 Å². The lowest BCUT2D eigenvalue weighted by atomic mass is 10.2. The van der Waals surface area contributed by atoms with E-state index in [1.165, 1.54) is 24.5 Å². The average Bonchev–Trinajstić information content (AvgIpc) is 2.70. The van der Waals surface area contributed by atoms with Crippen LogP contribution in [0.2, 0.25) is 5.02 Å². The number of thiophene rings is 1. The molecule has 17 heavy (non-hydrogen) atoms. The third kappa shape index (κ3) is 2.43. The first-order valence-corrected chi connectivity index (χ1v) is 5.98. The minimum absolute atomic E-state index is 0.0724. The number of carbonyl (C=O) groups is 1. The maximum Gasteiger partial charge on any atom is 0.351 e. The zero-order valence-electron chi connectivity index (χ0n) is 8.94. The zero-order chi connectivity index (χ0) is 12.4. The Bertz CT molecular complexity index is 563. The Morgan fingerprint density at radius 3 is 2.82 bits per heavy atom. The normalized spacial score (nSPS) is 10.2. The molecule has 2 aromatic rings. The number of aromatic hydroxyl groups is 1. The van der Waals surface area contributed by atoms with E-state index in [0.29, 0.717) is 5.02 Å². The van der Waals surface area contributed by atoms with Gasteiger partial charge in [0.15, 0.2) is 4.88 Å². The second-order valence-corrected chi connectivity index (χ2v) is 4.82. The Morgan fingerprint density at radius 2 is 2.18 bits per heavy atom. The van der Waals surface area contributed by atoms with Crippen LogP contribution in [0.25, 0.3) is 10.4 Å². The minimum Gasteiger partial charge on any atom is -0.506 e. The van der Waals surface area contributed by atoms with Crippen molar-refractivity contribution < 1.29 is 14.6 Å². The Labute approximate surface area is 107 Å². The van der Waals surface area contributed by atoms with Gasteiger partial charge in [0.25, 0.3) is 0 Å². The molecule has 0 fully saturated rings.